The third kappa shape index (κ3) is 5.10. The predicted molar refractivity (Wildman–Crippen MR) is 131 cm³/mol. The van der Waals surface area contributed by atoms with Crippen LogP contribution in [0.1, 0.15) is 49.7 Å². The van der Waals surface area contributed by atoms with Gasteiger partial charge in [0.25, 0.3) is 5.91 Å². The first-order chi connectivity index (χ1) is 15.8. The number of hydrogen-bond acceptors (Lipinski definition) is 3. The monoisotopic (exact) mass is 451 g/mol. The van der Waals surface area contributed by atoms with Gasteiger partial charge in [0, 0.05) is 38.3 Å². The Morgan fingerprint density at radius 1 is 0.970 bits per heavy atom. The van der Waals surface area contributed by atoms with Crippen molar-refractivity contribution in [1.82, 2.24) is 4.90 Å². The fourth-order valence-corrected chi connectivity index (χ4v) is 5.84. The highest BCUT2D eigenvalue weighted by molar-refractivity contribution is 5.87. The predicted octanol–water partition coefficient (Wildman–Crippen LogP) is 4.08. The highest BCUT2D eigenvalue weighted by atomic mass is 16.3. The topological polar surface area (TPSA) is 60.8 Å². The van der Waals surface area contributed by atoms with Crippen LogP contribution in [0.15, 0.2) is 54.6 Å². The highest BCUT2D eigenvalue weighted by Crippen LogP contribution is 2.42. The first-order valence-corrected chi connectivity index (χ1v) is 12.5. The van der Waals surface area contributed by atoms with E-state index >= 15 is 0 Å². The lowest BCUT2D eigenvalue weighted by atomic mass is 9.78. The Kier molecular flexibility index (Phi) is 7.10. The summed E-state index contributed by atoms with van der Waals surface area (Å²) < 4.78 is 0.911. The number of phenols is 1. The summed E-state index contributed by atoms with van der Waals surface area (Å²) in [5, 5.41) is 21.3. The van der Waals surface area contributed by atoms with E-state index in [4.69, 9.17) is 0 Å². The van der Waals surface area contributed by atoms with Crippen LogP contribution in [0.25, 0.3) is 0 Å². The van der Waals surface area contributed by atoms with Crippen molar-refractivity contribution >= 4 is 5.91 Å². The van der Waals surface area contributed by atoms with E-state index in [0.717, 1.165) is 61.5 Å². The minimum absolute atomic E-state index is 0.00246. The van der Waals surface area contributed by atoms with E-state index in [0.29, 0.717) is 24.9 Å². The van der Waals surface area contributed by atoms with Crippen LogP contribution < -0.4 is 0 Å². The molecule has 0 bridgehead atoms. The molecule has 5 heteroatoms. The number of rotatable bonds is 7. The molecule has 0 aromatic heterocycles. The number of piperidine rings is 1. The van der Waals surface area contributed by atoms with Gasteiger partial charge in [-0.2, -0.15) is 0 Å². The lowest BCUT2D eigenvalue weighted by molar-refractivity contribution is -0.916. The molecule has 1 saturated carbocycles. The molecular weight excluding hydrogens is 412 g/mol. The number of aliphatic hydroxyl groups is 1. The second-order valence-corrected chi connectivity index (χ2v) is 10.6. The number of quaternary nitrogens is 1. The Balaban J connectivity index is 1.40. The van der Waals surface area contributed by atoms with E-state index in [9.17, 15) is 15.0 Å². The van der Waals surface area contributed by atoms with Crippen LogP contribution in [-0.4, -0.2) is 65.3 Å². The zero-order valence-corrected chi connectivity index (χ0v) is 20.1. The molecule has 1 heterocycles. The van der Waals surface area contributed by atoms with Crippen molar-refractivity contribution in [3.05, 3.63) is 65.7 Å². The standard InChI is InChI=1S/C28H38N2O3/c1-30(2,21-18-22-12-14-26(31)15-13-22)25-16-19-29(20-17-25)27(32)28(33,24-10-6-7-11-24)23-8-4-3-5-9-23/h3-5,8-9,12-15,24-25,33H,6-7,10-11,16-21H2,1-2H3/p+1. The third-order valence-corrected chi connectivity index (χ3v) is 8.14. The lowest BCUT2D eigenvalue weighted by Crippen LogP contribution is -2.58. The van der Waals surface area contributed by atoms with Crippen LogP contribution in [0.4, 0.5) is 0 Å². The average Bonchev–Trinajstić information content (AvgIpc) is 3.39. The smallest absolute Gasteiger partial charge is 0.259 e. The molecule has 2 aromatic rings. The van der Waals surface area contributed by atoms with Crippen LogP contribution in [0.3, 0.4) is 0 Å². The number of aromatic hydroxyl groups is 1. The van der Waals surface area contributed by atoms with E-state index in [2.05, 4.69) is 14.1 Å². The van der Waals surface area contributed by atoms with Crippen molar-refractivity contribution < 1.29 is 19.5 Å². The zero-order valence-electron chi connectivity index (χ0n) is 20.1. The second kappa shape index (κ2) is 9.86. The number of phenolic OH excluding ortho intramolecular Hbond substituents is 1. The summed E-state index contributed by atoms with van der Waals surface area (Å²) in [6.07, 6.45) is 6.85. The minimum Gasteiger partial charge on any atom is -0.508 e. The van der Waals surface area contributed by atoms with Crippen molar-refractivity contribution in [1.29, 1.82) is 0 Å². The lowest BCUT2D eigenvalue weighted by Gasteiger charge is -2.45. The van der Waals surface area contributed by atoms with Gasteiger partial charge in [0.15, 0.2) is 5.60 Å². The molecule has 4 rings (SSSR count). The van der Waals surface area contributed by atoms with Crippen molar-refractivity contribution in [2.24, 2.45) is 5.92 Å². The van der Waals surface area contributed by atoms with Gasteiger partial charge in [-0.05, 0) is 36.1 Å². The second-order valence-electron chi connectivity index (χ2n) is 10.6. The van der Waals surface area contributed by atoms with Crippen molar-refractivity contribution in [2.75, 3.05) is 33.7 Å². The summed E-state index contributed by atoms with van der Waals surface area (Å²) in [6, 6.07) is 17.6. The number of amides is 1. The third-order valence-electron chi connectivity index (χ3n) is 8.14. The zero-order chi connectivity index (χ0) is 23.5. The van der Waals surface area contributed by atoms with Gasteiger partial charge in [-0.1, -0.05) is 55.3 Å². The fraction of sp³-hybridized carbons (Fsp3) is 0.536. The van der Waals surface area contributed by atoms with Crippen molar-refractivity contribution in [3.8, 4) is 5.75 Å². The summed E-state index contributed by atoms with van der Waals surface area (Å²) in [7, 11) is 4.56. The molecule has 5 nitrogen and oxygen atoms in total. The summed E-state index contributed by atoms with van der Waals surface area (Å²) in [5.74, 6) is 0.203. The Labute approximate surface area is 198 Å². The fourth-order valence-electron chi connectivity index (χ4n) is 5.84. The van der Waals surface area contributed by atoms with Gasteiger partial charge < -0.3 is 19.6 Å². The Morgan fingerprint density at radius 2 is 1.58 bits per heavy atom. The molecule has 1 atom stereocenters. The van der Waals surface area contributed by atoms with E-state index in [1.165, 1.54) is 5.56 Å². The number of carbonyl (C=O) groups is 1. The molecule has 1 aliphatic carbocycles. The van der Waals surface area contributed by atoms with Gasteiger partial charge in [-0.15, -0.1) is 0 Å². The Morgan fingerprint density at radius 3 is 2.18 bits per heavy atom. The molecule has 2 aromatic carbocycles. The van der Waals surface area contributed by atoms with Crippen LogP contribution in [0.5, 0.6) is 5.75 Å². The number of nitrogens with zero attached hydrogens (tertiary/aromatic N) is 2. The SMILES string of the molecule is C[N+](C)(CCc1ccc(O)cc1)C1CCN(C(=O)C(O)(c2ccccc2)C2CCCC2)CC1. The molecule has 0 spiro atoms. The molecule has 33 heavy (non-hydrogen) atoms. The first kappa shape index (κ1) is 23.8. The summed E-state index contributed by atoms with van der Waals surface area (Å²) in [6.45, 7) is 2.41. The minimum atomic E-state index is -1.41. The van der Waals surface area contributed by atoms with E-state index in [1.54, 1.807) is 12.1 Å². The summed E-state index contributed by atoms with van der Waals surface area (Å²) in [4.78, 5) is 15.7. The van der Waals surface area contributed by atoms with Gasteiger partial charge >= 0.3 is 0 Å². The molecule has 1 unspecified atom stereocenters. The van der Waals surface area contributed by atoms with Gasteiger partial charge in [-0.25, -0.2) is 0 Å². The Hall–Kier alpha value is -2.37. The normalized spacial score (nSPS) is 20.0. The van der Waals surface area contributed by atoms with Crippen LogP contribution in [-0.2, 0) is 16.8 Å². The maximum absolute atomic E-state index is 13.8. The number of likely N-dealkylation sites (N-methyl/N-ethyl adjacent to an activating group) is 1. The number of benzene rings is 2. The van der Waals surface area contributed by atoms with Crippen molar-refractivity contribution in [2.45, 2.75) is 56.6 Å². The molecule has 2 fully saturated rings. The van der Waals surface area contributed by atoms with Gasteiger partial charge in [-0.3, -0.25) is 4.79 Å². The van der Waals surface area contributed by atoms with Gasteiger partial charge in [0.05, 0.1) is 26.7 Å². The van der Waals surface area contributed by atoms with E-state index in [-0.39, 0.29) is 11.8 Å². The Bertz CT molecular complexity index is 914. The van der Waals surface area contributed by atoms with Crippen LogP contribution >= 0.6 is 0 Å². The largest absolute Gasteiger partial charge is 0.508 e. The molecule has 178 valence electrons. The quantitative estimate of drug-likeness (QED) is 0.624. The molecule has 2 N–H and O–H groups in total. The number of likely N-dealkylation sites (tertiary alicyclic amines) is 1. The molecular formula is C28H39N2O3+. The van der Waals surface area contributed by atoms with E-state index in [1.807, 2.05) is 47.4 Å². The average molecular weight is 452 g/mol. The molecule has 0 radical (unpaired) electrons. The van der Waals surface area contributed by atoms with Gasteiger partial charge in [0.1, 0.15) is 5.75 Å². The summed E-state index contributed by atoms with van der Waals surface area (Å²) >= 11 is 0. The number of carbonyl (C=O) groups excluding carboxylic acids is 1. The van der Waals surface area contributed by atoms with Gasteiger partial charge in [0.2, 0.25) is 0 Å². The first-order valence-electron chi connectivity index (χ1n) is 12.5. The van der Waals surface area contributed by atoms with Crippen molar-refractivity contribution in [3.63, 3.8) is 0 Å². The highest BCUT2D eigenvalue weighted by Gasteiger charge is 2.49. The maximum Gasteiger partial charge on any atom is 0.259 e. The molecule has 2 aliphatic rings. The van der Waals surface area contributed by atoms with Crippen LogP contribution in [0, 0.1) is 5.92 Å². The van der Waals surface area contributed by atoms with E-state index < -0.39 is 5.60 Å². The number of hydrogen-bond donors (Lipinski definition) is 2. The molecule has 1 saturated heterocycles. The molecule has 1 amide bonds. The summed E-state index contributed by atoms with van der Waals surface area (Å²) in [5.41, 5.74) is 0.568. The molecule has 1 aliphatic heterocycles. The maximum atomic E-state index is 13.8. The van der Waals surface area contributed by atoms with Crippen LogP contribution in [0.2, 0.25) is 0 Å².